The summed E-state index contributed by atoms with van der Waals surface area (Å²) < 4.78 is 49.2. The lowest BCUT2D eigenvalue weighted by molar-refractivity contribution is 0.0690. The van der Waals surface area contributed by atoms with E-state index in [4.69, 9.17) is 0 Å². The van der Waals surface area contributed by atoms with Crippen molar-refractivity contribution in [3.05, 3.63) is 87.1 Å². The minimum absolute atomic E-state index is 0.188. The topological polar surface area (TPSA) is 178 Å². The number of aromatic carboxylic acids is 1. The number of hydrogen-bond acceptors (Lipinski definition) is 8. The molecule has 0 aliphatic carbocycles. The lowest BCUT2D eigenvalue weighted by Gasteiger charge is -2.12. The summed E-state index contributed by atoms with van der Waals surface area (Å²) >= 11 is 0. The van der Waals surface area contributed by atoms with E-state index in [1.54, 1.807) is 52.1 Å². The normalized spacial score (nSPS) is 11.7. The fourth-order valence-electron chi connectivity index (χ4n) is 4.08. The summed E-state index contributed by atoms with van der Waals surface area (Å²) in [4.78, 5) is 24.4. The van der Waals surface area contributed by atoms with Gasteiger partial charge in [-0.3, -0.25) is 14.4 Å². The van der Waals surface area contributed by atoms with Gasteiger partial charge in [-0.1, -0.05) is 12.1 Å². The molecule has 0 saturated carbocycles. The van der Waals surface area contributed by atoms with Crippen LogP contribution >= 0.6 is 0 Å². The standard InChI is InChI=1S/C26H25FN6O6S/c1-13-10-14(2)20(12-17(13)27)29-16-8-9-19(22(11-16)40(37,38)39)30-31-23-24(26(35)36)32-33(25(23)34)21-7-5-6-18(28-4)15(21)3/h5-12,28-29,32H,1-4H3,(H,35,36)(H,37,38,39). The highest BCUT2D eigenvalue weighted by Gasteiger charge is 2.23. The number of nitrogens with one attached hydrogen (secondary N) is 3. The van der Waals surface area contributed by atoms with E-state index in [0.717, 1.165) is 10.7 Å². The second kappa shape index (κ2) is 10.7. The molecule has 0 fully saturated rings. The van der Waals surface area contributed by atoms with Crippen LogP contribution in [0.2, 0.25) is 0 Å². The van der Waals surface area contributed by atoms with Crippen molar-refractivity contribution in [1.29, 1.82) is 0 Å². The maximum absolute atomic E-state index is 14.1. The van der Waals surface area contributed by atoms with Gasteiger partial charge in [0.15, 0.2) is 11.4 Å². The summed E-state index contributed by atoms with van der Waals surface area (Å²) in [6.07, 6.45) is 0. The molecule has 1 aromatic heterocycles. The van der Waals surface area contributed by atoms with Crippen molar-refractivity contribution in [2.45, 2.75) is 25.7 Å². The summed E-state index contributed by atoms with van der Waals surface area (Å²) in [5.74, 6) is -1.96. The maximum atomic E-state index is 14.1. The van der Waals surface area contributed by atoms with E-state index >= 15 is 0 Å². The van der Waals surface area contributed by atoms with Crippen LogP contribution in [0.3, 0.4) is 0 Å². The molecular formula is C26H25FN6O6S. The molecule has 0 amide bonds. The van der Waals surface area contributed by atoms with E-state index in [1.807, 2.05) is 0 Å². The number of halogens is 1. The van der Waals surface area contributed by atoms with Crippen LogP contribution in [0.25, 0.3) is 5.69 Å². The van der Waals surface area contributed by atoms with Crippen LogP contribution in [-0.4, -0.2) is 40.9 Å². The Bertz CT molecular complexity index is 1850. The van der Waals surface area contributed by atoms with Gasteiger partial charge in [0, 0.05) is 24.1 Å². The molecule has 1 heterocycles. The van der Waals surface area contributed by atoms with E-state index in [9.17, 15) is 32.1 Å². The first-order valence-corrected chi connectivity index (χ1v) is 13.2. The number of aryl methyl sites for hydroxylation is 2. The van der Waals surface area contributed by atoms with Gasteiger partial charge in [0.2, 0.25) is 0 Å². The third kappa shape index (κ3) is 5.48. The number of aromatic nitrogens is 2. The second-order valence-electron chi connectivity index (χ2n) is 8.88. The van der Waals surface area contributed by atoms with Gasteiger partial charge < -0.3 is 15.7 Å². The summed E-state index contributed by atoms with van der Waals surface area (Å²) in [6.45, 7) is 5.08. The van der Waals surface area contributed by atoms with Crippen molar-refractivity contribution >= 4 is 44.5 Å². The van der Waals surface area contributed by atoms with E-state index in [-0.39, 0.29) is 11.4 Å². The molecule has 0 radical (unpaired) electrons. The molecule has 4 aromatic rings. The van der Waals surface area contributed by atoms with Gasteiger partial charge >= 0.3 is 5.97 Å². The number of aromatic amines is 1. The van der Waals surface area contributed by atoms with E-state index in [1.165, 1.54) is 18.2 Å². The monoisotopic (exact) mass is 568 g/mol. The summed E-state index contributed by atoms with van der Waals surface area (Å²) in [7, 11) is -3.15. The molecule has 14 heteroatoms. The Balaban J connectivity index is 1.78. The fraction of sp³-hybridized carbons (Fsp3) is 0.154. The first-order valence-electron chi connectivity index (χ1n) is 11.7. The molecule has 0 saturated heterocycles. The fourth-order valence-corrected chi connectivity index (χ4v) is 4.73. The van der Waals surface area contributed by atoms with Crippen molar-refractivity contribution in [1.82, 2.24) is 9.78 Å². The summed E-state index contributed by atoms with van der Waals surface area (Å²) in [5, 5.41) is 25.6. The lowest BCUT2D eigenvalue weighted by atomic mass is 10.1. The van der Waals surface area contributed by atoms with Crippen LogP contribution in [0.1, 0.15) is 27.2 Å². The zero-order chi connectivity index (χ0) is 29.4. The first kappa shape index (κ1) is 28.2. The Labute approximate surface area is 227 Å². The SMILES string of the molecule is CNc1cccc(-n2[nH]c(C(=O)O)c(N=Nc3ccc(Nc4cc(F)c(C)cc4C)cc3S(=O)(=O)O)c2=O)c1C. The van der Waals surface area contributed by atoms with E-state index in [0.29, 0.717) is 33.8 Å². The maximum Gasteiger partial charge on any atom is 0.356 e. The van der Waals surface area contributed by atoms with Crippen LogP contribution in [0.15, 0.2) is 68.4 Å². The number of H-pyrrole nitrogens is 1. The minimum atomic E-state index is -4.85. The molecule has 0 unspecified atom stereocenters. The Morgan fingerprint density at radius 2 is 1.75 bits per heavy atom. The Morgan fingerprint density at radius 1 is 1.02 bits per heavy atom. The second-order valence-corrected chi connectivity index (χ2v) is 10.3. The molecule has 40 heavy (non-hydrogen) atoms. The van der Waals surface area contributed by atoms with Crippen LogP contribution in [0.5, 0.6) is 0 Å². The van der Waals surface area contributed by atoms with Crippen LogP contribution in [0.4, 0.5) is 32.8 Å². The number of nitrogens with zero attached hydrogens (tertiary/aromatic N) is 3. The van der Waals surface area contributed by atoms with Gasteiger partial charge in [-0.2, -0.15) is 8.42 Å². The highest BCUT2D eigenvalue weighted by molar-refractivity contribution is 7.86. The number of carboxylic acids is 1. The van der Waals surface area contributed by atoms with Crippen LogP contribution < -0.4 is 16.2 Å². The molecule has 12 nitrogen and oxygen atoms in total. The third-order valence-electron chi connectivity index (χ3n) is 6.18. The van der Waals surface area contributed by atoms with Crippen molar-refractivity contribution < 1.29 is 27.3 Å². The highest BCUT2D eigenvalue weighted by Crippen LogP contribution is 2.32. The zero-order valence-electron chi connectivity index (χ0n) is 21.8. The number of rotatable bonds is 8. The molecule has 0 spiro atoms. The van der Waals surface area contributed by atoms with Gasteiger partial charge in [-0.25, -0.2) is 13.9 Å². The Morgan fingerprint density at radius 3 is 2.40 bits per heavy atom. The first-order chi connectivity index (χ1) is 18.8. The van der Waals surface area contributed by atoms with Crippen LogP contribution in [-0.2, 0) is 10.1 Å². The Kier molecular flexibility index (Phi) is 7.57. The predicted molar refractivity (Wildman–Crippen MR) is 147 cm³/mol. The van der Waals surface area contributed by atoms with Gasteiger partial charge in [-0.15, -0.1) is 10.2 Å². The molecule has 0 aliphatic rings. The molecule has 3 aromatic carbocycles. The number of anilines is 3. The smallest absolute Gasteiger partial charge is 0.356 e. The van der Waals surface area contributed by atoms with Gasteiger partial charge in [0.25, 0.3) is 15.7 Å². The summed E-state index contributed by atoms with van der Waals surface area (Å²) in [6, 6.07) is 11.6. The number of azo groups is 1. The van der Waals surface area contributed by atoms with Gasteiger partial charge in [0.1, 0.15) is 16.4 Å². The van der Waals surface area contributed by atoms with E-state index in [2.05, 4.69) is 26.0 Å². The molecule has 4 rings (SSSR count). The molecule has 0 bridgehead atoms. The van der Waals surface area contributed by atoms with Crippen LogP contribution in [0, 0.1) is 26.6 Å². The average Bonchev–Trinajstić information content (AvgIpc) is 3.22. The number of carbonyl (C=O) groups is 1. The van der Waals surface area contributed by atoms with Gasteiger partial charge in [-0.05, 0) is 73.9 Å². The molecule has 0 aliphatic heterocycles. The molecule has 0 atom stereocenters. The molecule has 5 N–H and O–H groups in total. The predicted octanol–water partition coefficient (Wildman–Crippen LogP) is 5.38. The largest absolute Gasteiger partial charge is 0.476 e. The minimum Gasteiger partial charge on any atom is -0.476 e. The van der Waals surface area contributed by atoms with Crippen molar-refractivity contribution in [2.24, 2.45) is 10.2 Å². The highest BCUT2D eigenvalue weighted by atomic mass is 32.2. The zero-order valence-corrected chi connectivity index (χ0v) is 22.6. The average molecular weight is 569 g/mol. The number of hydrogen-bond donors (Lipinski definition) is 5. The van der Waals surface area contributed by atoms with Crippen molar-refractivity contribution in [3.8, 4) is 5.69 Å². The van der Waals surface area contributed by atoms with Crippen molar-refractivity contribution in [3.63, 3.8) is 0 Å². The van der Waals surface area contributed by atoms with Gasteiger partial charge in [0.05, 0.1) is 5.69 Å². The third-order valence-corrected chi connectivity index (χ3v) is 7.06. The molecule has 208 valence electrons. The number of benzene rings is 3. The van der Waals surface area contributed by atoms with E-state index < -0.39 is 43.7 Å². The molecular weight excluding hydrogens is 543 g/mol. The Hall–Kier alpha value is -4.82. The quantitative estimate of drug-likeness (QED) is 0.139. The number of carboxylic acid groups (broad SMARTS) is 1. The summed E-state index contributed by atoms with van der Waals surface area (Å²) in [5.41, 5.74) is 1.02. The van der Waals surface area contributed by atoms with Crippen molar-refractivity contribution in [2.75, 3.05) is 17.7 Å². The lowest BCUT2D eigenvalue weighted by Crippen LogP contribution is -2.15.